The number of alkyl halides is 3. The van der Waals surface area contributed by atoms with Crippen LogP contribution in [-0.2, 0) is 10.9 Å². The number of ether oxygens (including phenoxy) is 1. The third-order valence-corrected chi connectivity index (χ3v) is 3.48. The summed E-state index contributed by atoms with van der Waals surface area (Å²) in [6.45, 7) is 0.165. The quantitative estimate of drug-likeness (QED) is 0.775. The van der Waals surface area contributed by atoms with Crippen LogP contribution in [0.5, 0.6) is 0 Å². The number of nitrogens with zero attached hydrogens (tertiary/aromatic N) is 4. The van der Waals surface area contributed by atoms with Crippen molar-refractivity contribution in [1.82, 2.24) is 19.6 Å². The number of benzene rings is 1. The molecule has 0 saturated carbocycles. The Morgan fingerprint density at radius 1 is 1.33 bits per heavy atom. The zero-order chi connectivity index (χ0) is 17.2. The Labute approximate surface area is 135 Å². The molecule has 0 unspecified atom stereocenters. The molecule has 1 aromatic carbocycles. The third-order valence-electron chi connectivity index (χ3n) is 3.48. The van der Waals surface area contributed by atoms with Crippen LogP contribution in [-0.4, -0.2) is 33.3 Å². The van der Waals surface area contributed by atoms with Gasteiger partial charge in [-0.2, -0.15) is 13.2 Å². The molecular formula is C15H14F3N5O. The van der Waals surface area contributed by atoms with E-state index in [1.807, 2.05) is 0 Å². The monoisotopic (exact) mass is 337 g/mol. The first kappa shape index (κ1) is 16.2. The first-order valence-electron chi connectivity index (χ1n) is 7.06. The third kappa shape index (κ3) is 3.30. The molecule has 1 N–H and O–H groups in total. The molecule has 2 aromatic heterocycles. The van der Waals surface area contributed by atoms with Gasteiger partial charge in [0.15, 0.2) is 5.82 Å². The fourth-order valence-electron chi connectivity index (χ4n) is 2.35. The fourth-order valence-corrected chi connectivity index (χ4v) is 2.35. The maximum Gasteiger partial charge on any atom is 0.416 e. The van der Waals surface area contributed by atoms with Crippen LogP contribution in [0.4, 0.5) is 19.0 Å². The molecule has 0 bridgehead atoms. The van der Waals surface area contributed by atoms with Gasteiger partial charge in [0.2, 0.25) is 5.65 Å². The molecule has 126 valence electrons. The average molecular weight is 337 g/mol. The van der Waals surface area contributed by atoms with Crippen molar-refractivity contribution in [2.45, 2.75) is 12.2 Å². The molecule has 24 heavy (non-hydrogen) atoms. The minimum atomic E-state index is -4.40. The summed E-state index contributed by atoms with van der Waals surface area (Å²) < 4.78 is 45.6. The summed E-state index contributed by atoms with van der Waals surface area (Å²) in [5.74, 6) is 0.412. The second-order valence-electron chi connectivity index (χ2n) is 5.11. The van der Waals surface area contributed by atoms with Gasteiger partial charge >= 0.3 is 6.18 Å². The lowest BCUT2D eigenvalue weighted by molar-refractivity contribution is -0.137. The Kier molecular flexibility index (Phi) is 4.34. The molecule has 0 amide bonds. The van der Waals surface area contributed by atoms with Crippen LogP contribution in [0, 0.1) is 0 Å². The van der Waals surface area contributed by atoms with E-state index in [0.29, 0.717) is 17.0 Å². The van der Waals surface area contributed by atoms with E-state index in [1.54, 1.807) is 22.9 Å². The number of rotatable bonds is 5. The Morgan fingerprint density at radius 3 is 2.92 bits per heavy atom. The number of hydrogen-bond donors (Lipinski definition) is 1. The summed E-state index contributed by atoms with van der Waals surface area (Å²) in [6.07, 6.45) is 0.335. The summed E-state index contributed by atoms with van der Waals surface area (Å²) >= 11 is 0. The van der Waals surface area contributed by atoms with Gasteiger partial charge in [-0.3, -0.25) is 4.40 Å². The maximum absolute atomic E-state index is 12.9. The molecule has 0 radical (unpaired) electrons. The molecule has 0 aliphatic carbocycles. The van der Waals surface area contributed by atoms with Crippen molar-refractivity contribution >= 4 is 11.5 Å². The normalized spacial score (nSPS) is 13.2. The predicted octanol–water partition coefficient (Wildman–Crippen LogP) is 2.94. The highest BCUT2D eigenvalue weighted by atomic mass is 19.4. The van der Waals surface area contributed by atoms with Crippen LogP contribution in [0.3, 0.4) is 0 Å². The summed E-state index contributed by atoms with van der Waals surface area (Å²) in [5.41, 5.74) is 0.206. The van der Waals surface area contributed by atoms with Crippen molar-refractivity contribution in [3.8, 4) is 0 Å². The van der Waals surface area contributed by atoms with Gasteiger partial charge in [-0.1, -0.05) is 12.1 Å². The first-order valence-corrected chi connectivity index (χ1v) is 7.06. The molecule has 0 spiro atoms. The van der Waals surface area contributed by atoms with E-state index >= 15 is 0 Å². The first-order chi connectivity index (χ1) is 11.5. The van der Waals surface area contributed by atoms with Gasteiger partial charge < -0.3 is 10.1 Å². The van der Waals surface area contributed by atoms with Crippen molar-refractivity contribution < 1.29 is 17.9 Å². The number of methoxy groups -OCH3 is 1. The van der Waals surface area contributed by atoms with Crippen molar-refractivity contribution in [1.29, 1.82) is 0 Å². The van der Waals surface area contributed by atoms with Gasteiger partial charge in [0.05, 0.1) is 18.2 Å². The molecule has 1 atom stereocenters. The van der Waals surface area contributed by atoms with Crippen molar-refractivity contribution in [3.63, 3.8) is 0 Å². The molecule has 3 rings (SSSR count). The van der Waals surface area contributed by atoms with E-state index in [9.17, 15) is 13.2 Å². The zero-order valence-corrected chi connectivity index (χ0v) is 12.7. The smallest absolute Gasteiger partial charge is 0.382 e. The van der Waals surface area contributed by atoms with Crippen LogP contribution in [0.1, 0.15) is 17.2 Å². The van der Waals surface area contributed by atoms with Crippen LogP contribution >= 0.6 is 0 Å². The van der Waals surface area contributed by atoms with Crippen LogP contribution in [0.25, 0.3) is 5.65 Å². The van der Waals surface area contributed by atoms with Gasteiger partial charge in [-0.05, 0) is 17.7 Å². The summed E-state index contributed by atoms with van der Waals surface area (Å²) in [5, 5.41) is 10.8. The van der Waals surface area contributed by atoms with Gasteiger partial charge in [-0.15, -0.1) is 10.2 Å². The molecule has 0 saturated heterocycles. The summed E-state index contributed by atoms with van der Waals surface area (Å²) in [6, 6.07) is 4.59. The molecule has 0 aliphatic rings. The van der Waals surface area contributed by atoms with Gasteiger partial charge in [-0.25, -0.2) is 4.98 Å². The number of fused-ring (bicyclic) bond motifs is 1. The number of halogens is 3. The molecule has 2 heterocycles. The van der Waals surface area contributed by atoms with E-state index in [-0.39, 0.29) is 6.61 Å². The van der Waals surface area contributed by atoms with Gasteiger partial charge in [0.1, 0.15) is 6.33 Å². The number of nitrogens with one attached hydrogen (secondary N) is 1. The Hall–Kier alpha value is -2.68. The van der Waals surface area contributed by atoms with E-state index in [4.69, 9.17) is 4.74 Å². The standard InChI is InChI=1S/C15H14F3N5O/c1-24-8-12(10-3-2-4-11(7-10)15(16,17)18)21-13-14-22-20-9-23(14)6-5-19-13/h2-7,9,12H,8H2,1H3,(H,19,21)/t12-/m0/s1. The maximum atomic E-state index is 12.9. The van der Waals surface area contributed by atoms with Crippen molar-refractivity contribution in [2.75, 3.05) is 19.0 Å². The molecule has 9 heteroatoms. The van der Waals surface area contributed by atoms with E-state index < -0.39 is 17.8 Å². The van der Waals surface area contributed by atoms with Crippen molar-refractivity contribution in [2.24, 2.45) is 0 Å². The van der Waals surface area contributed by atoms with E-state index in [2.05, 4.69) is 20.5 Å². The topological polar surface area (TPSA) is 64.3 Å². The molecule has 0 aliphatic heterocycles. The summed E-state index contributed by atoms with van der Waals surface area (Å²) in [7, 11) is 1.48. The number of hydrogen-bond acceptors (Lipinski definition) is 5. The highest BCUT2D eigenvalue weighted by Crippen LogP contribution is 2.31. The second-order valence-corrected chi connectivity index (χ2v) is 5.11. The molecule has 6 nitrogen and oxygen atoms in total. The van der Waals surface area contributed by atoms with Crippen LogP contribution in [0.15, 0.2) is 43.0 Å². The number of aromatic nitrogens is 4. The summed E-state index contributed by atoms with van der Waals surface area (Å²) in [4.78, 5) is 4.19. The second kappa shape index (κ2) is 6.44. The predicted molar refractivity (Wildman–Crippen MR) is 80.5 cm³/mol. The Bertz CT molecular complexity index is 833. The highest BCUT2D eigenvalue weighted by molar-refractivity contribution is 5.62. The Balaban J connectivity index is 1.94. The average Bonchev–Trinajstić information content (AvgIpc) is 3.03. The lowest BCUT2D eigenvalue weighted by Gasteiger charge is -2.20. The lowest BCUT2D eigenvalue weighted by Crippen LogP contribution is -2.18. The van der Waals surface area contributed by atoms with E-state index in [0.717, 1.165) is 12.1 Å². The SMILES string of the molecule is COC[C@H](Nc1nccn2cnnc12)c1cccc(C(F)(F)F)c1. The van der Waals surface area contributed by atoms with Gasteiger partial charge in [0, 0.05) is 19.5 Å². The fraction of sp³-hybridized carbons (Fsp3) is 0.267. The van der Waals surface area contributed by atoms with Crippen LogP contribution in [0.2, 0.25) is 0 Å². The van der Waals surface area contributed by atoms with Gasteiger partial charge in [0.25, 0.3) is 0 Å². The Morgan fingerprint density at radius 2 is 2.17 bits per heavy atom. The zero-order valence-electron chi connectivity index (χ0n) is 12.7. The minimum absolute atomic E-state index is 0.165. The lowest BCUT2D eigenvalue weighted by atomic mass is 10.0. The highest BCUT2D eigenvalue weighted by Gasteiger charge is 2.31. The van der Waals surface area contributed by atoms with E-state index in [1.165, 1.54) is 19.5 Å². The van der Waals surface area contributed by atoms with Crippen LogP contribution < -0.4 is 5.32 Å². The van der Waals surface area contributed by atoms with Crippen molar-refractivity contribution in [3.05, 3.63) is 54.1 Å². The molecular weight excluding hydrogens is 323 g/mol. The largest absolute Gasteiger partial charge is 0.416 e. The molecule has 0 fully saturated rings. The minimum Gasteiger partial charge on any atom is -0.382 e. The number of anilines is 1. The molecule has 3 aromatic rings.